The molecule has 90 valence electrons. The van der Waals surface area contributed by atoms with Crippen LogP contribution in [0.4, 0.5) is 5.69 Å². The molecule has 0 saturated carbocycles. The van der Waals surface area contributed by atoms with E-state index in [1.165, 1.54) is 19.4 Å². The maximum atomic E-state index is 5.10. The lowest BCUT2D eigenvalue weighted by molar-refractivity contribution is 0.298. The highest BCUT2D eigenvalue weighted by Crippen LogP contribution is 2.16. The average molecular weight is 256 g/mol. The van der Waals surface area contributed by atoms with Crippen LogP contribution in [0.25, 0.3) is 0 Å². The summed E-state index contributed by atoms with van der Waals surface area (Å²) in [5.41, 5.74) is 1.06. The summed E-state index contributed by atoms with van der Waals surface area (Å²) in [6.07, 6.45) is 2.42. The van der Waals surface area contributed by atoms with Crippen LogP contribution in [0.5, 0.6) is 0 Å². The summed E-state index contributed by atoms with van der Waals surface area (Å²) in [6.45, 7) is 8.90. The highest BCUT2D eigenvalue weighted by molar-refractivity contribution is 7.74. The fourth-order valence-electron chi connectivity index (χ4n) is 1.67. The van der Waals surface area contributed by atoms with Gasteiger partial charge < -0.3 is 10.2 Å². The highest BCUT2D eigenvalue weighted by atomic mass is 32.1. The number of unbranched alkanes of at least 4 members (excludes halogenated alkanes) is 1. The van der Waals surface area contributed by atoms with Crippen LogP contribution in [0.2, 0.25) is 0 Å². The Balaban J connectivity index is 2.07. The van der Waals surface area contributed by atoms with E-state index in [0.29, 0.717) is 0 Å². The first-order valence-electron chi connectivity index (χ1n) is 5.95. The number of rotatable bonds is 8. The third-order valence-electron chi connectivity index (χ3n) is 2.85. The zero-order valence-corrected chi connectivity index (χ0v) is 11.7. The Hall–Kier alpha value is -0.320. The molecule has 0 saturated heterocycles. The van der Waals surface area contributed by atoms with Gasteiger partial charge in [-0.25, -0.2) is 0 Å². The molecular formula is C12H20N2S2. The molecule has 0 bridgehead atoms. The summed E-state index contributed by atoms with van der Waals surface area (Å²) in [5.74, 6) is 0. The van der Waals surface area contributed by atoms with E-state index < -0.39 is 0 Å². The molecule has 1 aromatic rings. The number of hydrogen-bond donors (Lipinski definition) is 1. The molecule has 1 N–H and O–H groups in total. The summed E-state index contributed by atoms with van der Waals surface area (Å²) in [6, 6.07) is 1.95. The van der Waals surface area contributed by atoms with Crippen molar-refractivity contribution in [3.05, 3.63) is 15.1 Å². The van der Waals surface area contributed by atoms with Gasteiger partial charge in [-0.3, -0.25) is 0 Å². The Morgan fingerprint density at radius 2 is 1.88 bits per heavy atom. The van der Waals surface area contributed by atoms with Gasteiger partial charge in [-0.2, -0.15) is 0 Å². The van der Waals surface area contributed by atoms with Crippen LogP contribution < -0.4 is 5.32 Å². The number of nitrogens with zero attached hydrogens (tertiary/aromatic N) is 1. The van der Waals surface area contributed by atoms with Crippen LogP contribution in [-0.4, -0.2) is 31.1 Å². The topological polar surface area (TPSA) is 15.3 Å². The summed E-state index contributed by atoms with van der Waals surface area (Å²) in [5, 5.41) is 3.32. The van der Waals surface area contributed by atoms with Crippen molar-refractivity contribution in [2.24, 2.45) is 0 Å². The number of hydrogen-bond acceptors (Lipinski definition) is 4. The SMILES string of the molecule is CCN(CC)CCCCNc1cc(=S)c1=S. The second kappa shape index (κ2) is 7.09. The zero-order chi connectivity index (χ0) is 12.0. The summed E-state index contributed by atoms with van der Waals surface area (Å²) < 4.78 is 1.65. The first-order valence-corrected chi connectivity index (χ1v) is 6.77. The minimum Gasteiger partial charge on any atom is -0.384 e. The van der Waals surface area contributed by atoms with Gasteiger partial charge in [0.05, 0.1) is 14.7 Å². The van der Waals surface area contributed by atoms with Gasteiger partial charge in [0.2, 0.25) is 0 Å². The number of nitrogens with one attached hydrogen (secondary N) is 1. The van der Waals surface area contributed by atoms with Gasteiger partial charge in [0.15, 0.2) is 0 Å². The third kappa shape index (κ3) is 3.92. The van der Waals surface area contributed by atoms with Gasteiger partial charge in [-0.05, 0) is 38.5 Å². The van der Waals surface area contributed by atoms with Crippen molar-refractivity contribution in [2.45, 2.75) is 26.7 Å². The summed E-state index contributed by atoms with van der Waals surface area (Å²) in [7, 11) is 0. The van der Waals surface area contributed by atoms with Gasteiger partial charge in [-0.15, -0.1) is 0 Å². The molecule has 0 fully saturated rings. The molecule has 0 aliphatic rings. The Morgan fingerprint density at radius 1 is 1.19 bits per heavy atom. The van der Waals surface area contributed by atoms with E-state index in [1.807, 2.05) is 6.07 Å². The molecule has 0 aromatic heterocycles. The molecule has 4 heteroatoms. The van der Waals surface area contributed by atoms with Crippen molar-refractivity contribution in [3.8, 4) is 0 Å². The quantitative estimate of drug-likeness (QED) is 0.565. The van der Waals surface area contributed by atoms with Gasteiger partial charge in [-0.1, -0.05) is 38.3 Å². The van der Waals surface area contributed by atoms with E-state index in [-0.39, 0.29) is 0 Å². The summed E-state index contributed by atoms with van der Waals surface area (Å²) in [4.78, 5) is 2.45. The first-order chi connectivity index (χ1) is 7.69. The molecule has 1 aromatic carbocycles. The van der Waals surface area contributed by atoms with Crippen molar-refractivity contribution in [1.29, 1.82) is 0 Å². The van der Waals surface area contributed by atoms with Crippen molar-refractivity contribution in [1.82, 2.24) is 4.90 Å². The molecule has 0 aliphatic heterocycles. The van der Waals surface area contributed by atoms with Crippen molar-refractivity contribution >= 4 is 30.1 Å². The predicted octanol–water partition coefficient (Wildman–Crippen LogP) is 3.56. The average Bonchev–Trinajstić information content (AvgIpc) is 2.32. The molecule has 0 radical (unpaired) electrons. The fraction of sp³-hybridized carbons (Fsp3) is 0.667. The molecule has 2 nitrogen and oxygen atoms in total. The molecule has 0 heterocycles. The van der Waals surface area contributed by atoms with Crippen LogP contribution >= 0.6 is 24.4 Å². The van der Waals surface area contributed by atoms with Crippen LogP contribution in [-0.2, 0) is 0 Å². The van der Waals surface area contributed by atoms with Crippen molar-refractivity contribution in [2.75, 3.05) is 31.5 Å². The van der Waals surface area contributed by atoms with Gasteiger partial charge >= 0.3 is 0 Å². The van der Waals surface area contributed by atoms with E-state index >= 15 is 0 Å². The lowest BCUT2D eigenvalue weighted by atomic mass is 10.2. The maximum Gasteiger partial charge on any atom is 0.0790 e. The third-order valence-corrected chi connectivity index (χ3v) is 3.75. The van der Waals surface area contributed by atoms with Gasteiger partial charge in [0.1, 0.15) is 0 Å². The van der Waals surface area contributed by atoms with E-state index in [9.17, 15) is 0 Å². The van der Waals surface area contributed by atoms with Crippen LogP contribution in [0.3, 0.4) is 0 Å². The second-order valence-corrected chi connectivity index (χ2v) is 4.76. The Morgan fingerprint density at radius 3 is 2.38 bits per heavy atom. The predicted molar refractivity (Wildman–Crippen MR) is 76.0 cm³/mol. The standard InChI is InChI=1S/C12H20N2S2/c1-3-14(4-2)8-6-5-7-13-10-9-11(15)12(10)16/h9,13H,3-8H2,1-2H3. The first kappa shape index (κ1) is 13.7. The Bertz CT molecular complexity index is 376. The highest BCUT2D eigenvalue weighted by Gasteiger charge is 2.02. The Kier molecular flexibility index (Phi) is 6.09. The minimum absolute atomic E-state index is 0.820. The molecule has 0 amide bonds. The largest absolute Gasteiger partial charge is 0.384 e. The minimum atomic E-state index is 0.820. The molecule has 0 atom stereocenters. The van der Waals surface area contributed by atoms with Crippen LogP contribution in [0.1, 0.15) is 26.7 Å². The monoisotopic (exact) mass is 256 g/mol. The van der Waals surface area contributed by atoms with E-state index in [2.05, 4.69) is 24.1 Å². The molecule has 0 unspecified atom stereocenters. The molecule has 0 aliphatic carbocycles. The normalized spacial score (nSPS) is 11.2. The Labute approximate surface area is 108 Å². The lowest BCUT2D eigenvalue weighted by Gasteiger charge is -2.17. The smallest absolute Gasteiger partial charge is 0.0790 e. The van der Waals surface area contributed by atoms with Crippen molar-refractivity contribution in [3.63, 3.8) is 0 Å². The lowest BCUT2D eigenvalue weighted by Crippen LogP contribution is -2.24. The zero-order valence-electron chi connectivity index (χ0n) is 10.1. The van der Waals surface area contributed by atoms with Crippen molar-refractivity contribution < 1.29 is 0 Å². The summed E-state index contributed by atoms with van der Waals surface area (Å²) >= 11 is 10.1. The number of anilines is 1. The second-order valence-electron chi connectivity index (χ2n) is 3.91. The molecule has 16 heavy (non-hydrogen) atoms. The van der Waals surface area contributed by atoms with Crippen LogP contribution in [0.15, 0.2) is 6.07 Å². The van der Waals surface area contributed by atoms with E-state index in [4.69, 9.17) is 24.4 Å². The van der Waals surface area contributed by atoms with E-state index in [0.717, 1.165) is 34.3 Å². The van der Waals surface area contributed by atoms with E-state index in [1.54, 1.807) is 0 Å². The fourth-order valence-corrected chi connectivity index (χ4v) is 2.09. The molecule has 0 spiro atoms. The van der Waals surface area contributed by atoms with Crippen LogP contribution in [0, 0.1) is 9.02 Å². The maximum absolute atomic E-state index is 5.10. The van der Waals surface area contributed by atoms with Gasteiger partial charge in [0.25, 0.3) is 0 Å². The molecule has 1 rings (SSSR count). The van der Waals surface area contributed by atoms with Gasteiger partial charge in [0, 0.05) is 6.54 Å². The molecular weight excluding hydrogens is 236 g/mol.